The van der Waals surface area contributed by atoms with E-state index in [2.05, 4.69) is 92.5 Å². The molecule has 23 heavy (non-hydrogen) atoms. The summed E-state index contributed by atoms with van der Waals surface area (Å²) < 4.78 is 0. The Labute approximate surface area is 137 Å². The van der Waals surface area contributed by atoms with Crippen LogP contribution in [0.1, 0.15) is 26.3 Å². The predicted molar refractivity (Wildman–Crippen MR) is 99.1 cm³/mol. The Morgan fingerprint density at radius 2 is 1.43 bits per heavy atom. The molecule has 0 amide bonds. The Balaban J connectivity index is 1.88. The molecular formula is C22H21N. The molecule has 1 aromatic carbocycles. The predicted octanol–water partition coefficient (Wildman–Crippen LogP) is 6.24. The number of fused-ring (bicyclic) bond motifs is 2. The second-order valence-electron chi connectivity index (χ2n) is 7.26. The molecule has 0 fully saturated rings. The smallest absolute Gasteiger partial charge is 0.0471 e. The normalized spacial score (nSPS) is 12.1. The van der Waals surface area contributed by atoms with Crippen molar-refractivity contribution in [2.45, 2.75) is 26.2 Å². The first kappa shape index (κ1) is 14.1. The van der Waals surface area contributed by atoms with E-state index in [1.807, 2.05) is 0 Å². The quantitative estimate of drug-likeness (QED) is 0.428. The molecule has 2 aliphatic carbocycles. The molecule has 1 heterocycles. The number of para-hydroxylation sites is 1. The molecule has 0 saturated carbocycles. The summed E-state index contributed by atoms with van der Waals surface area (Å²) in [4.78, 5) is 3.55. The van der Waals surface area contributed by atoms with E-state index in [0.29, 0.717) is 0 Å². The van der Waals surface area contributed by atoms with Crippen LogP contribution >= 0.6 is 0 Å². The van der Waals surface area contributed by atoms with Gasteiger partial charge in [0.15, 0.2) is 0 Å². The average Bonchev–Trinajstić information content (AvgIpc) is 3.03. The van der Waals surface area contributed by atoms with Gasteiger partial charge >= 0.3 is 0 Å². The molecule has 1 aromatic heterocycles. The minimum absolute atomic E-state index is 0.164. The summed E-state index contributed by atoms with van der Waals surface area (Å²) in [7, 11) is 0. The number of aromatic amines is 1. The summed E-state index contributed by atoms with van der Waals surface area (Å²) in [5.41, 5.74) is 7.75. The van der Waals surface area contributed by atoms with Crippen LogP contribution in [0.25, 0.3) is 33.3 Å². The van der Waals surface area contributed by atoms with E-state index in [9.17, 15) is 0 Å². The number of H-pyrrole nitrogens is 1. The third kappa shape index (κ3) is 2.43. The maximum atomic E-state index is 3.55. The highest BCUT2D eigenvalue weighted by Crippen LogP contribution is 2.37. The van der Waals surface area contributed by atoms with Crippen molar-refractivity contribution >= 4 is 10.9 Å². The first-order chi connectivity index (χ1) is 11.0. The van der Waals surface area contributed by atoms with Gasteiger partial charge in [-0.2, -0.15) is 0 Å². The van der Waals surface area contributed by atoms with Gasteiger partial charge in [-0.3, -0.25) is 0 Å². The molecule has 1 nitrogen and oxygen atoms in total. The van der Waals surface area contributed by atoms with Gasteiger partial charge in [0.1, 0.15) is 0 Å². The van der Waals surface area contributed by atoms with E-state index >= 15 is 0 Å². The van der Waals surface area contributed by atoms with Crippen LogP contribution in [0.4, 0.5) is 0 Å². The summed E-state index contributed by atoms with van der Waals surface area (Å²) in [5.74, 6) is 0. The largest absolute Gasteiger partial charge is 0.355 e. The van der Waals surface area contributed by atoms with Crippen LogP contribution in [-0.4, -0.2) is 4.98 Å². The van der Waals surface area contributed by atoms with Crippen molar-refractivity contribution in [1.29, 1.82) is 0 Å². The number of hydrogen-bond acceptors (Lipinski definition) is 0. The van der Waals surface area contributed by atoms with Gasteiger partial charge in [0.2, 0.25) is 0 Å². The summed E-state index contributed by atoms with van der Waals surface area (Å²) in [6, 6.07) is 24.1. The highest BCUT2D eigenvalue weighted by Gasteiger charge is 2.16. The third-order valence-electron chi connectivity index (χ3n) is 4.59. The standard InChI is InChI=1S/C22H21N/c1-22(2,3)17-10-8-15-9-12-19(18(15)13-11-17)21-14-16-6-4-5-7-20(16)23-21/h4-14,23H,1-3H3. The minimum Gasteiger partial charge on any atom is -0.355 e. The molecule has 0 bridgehead atoms. The zero-order valence-corrected chi connectivity index (χ0v) is 13.9. The van der Waals surface area contributed by atoms with E-state index < -0.39 is 0 Å². The lowest BCUT2D eigenvalue weighted by molar-refractivity contribution is 0.591. The summed E-state index contributed by atoms with van der Waals surface area (Å²) >= 11 is 0. The summed E-state index contributed by atoms with van der Waals surface area (Å²) in [5, 5.41) is 1.26. The maximum Gasteiger partial charge on any atom is 0.0471 e. The molecule has 0 saturated heterocycles. The van der Waals surface area contributed by atoms with Gasteiger partial charge in [-0.1, -0.05) is 75.4 Å². The zero-order chi connectivity index (χ0) is 16.0. The lowest BCUT2D eigenvalue weighted by Gasteiger charge is -2.17. The molecule has 2 aromatic rings. The second-order valence-corrected chi connectivity index (χ2v) is 7.26. The first-order valence-corrected chi connectivity index (χ1v) is 8.14. The second kappa shape index (κ2) is 4.99. The molecule has 0 unspecified atom stereocenters. The van der Waals surface area contributed by atoms with Crippen LogP contribution in [0.5, 0.6) is 0 Å². The lowest BCUT2D eigenvalue weighted by Crippen LogP contribution is -2.09. The number of aromatic nitrogens is 1. The van der Waals surface area contributed by atoms with Gasteiger partial charge in [-0.15, -0.1) is 0 Å². The van der Waals surface area contributed by atoms with E-state index in [0.717, 1.165) is 0 Å². The van der Waals surface area contributed by atoms with Crippen molar-refractivity contribution in [2.75, 3.05) is 0 Å². The number of nitrogens with one attached hydrogen (secondary N) is 1. The SMILES string of the molecule is CC(C)(C)c1ccc2ccc(-c3cc4ccccc4[nH]3)c-2cc1. The highest BCUT2D eigenvalue weighted by molar-refractivity contribution is 5.91. The van der Waals surface area contributed by atoms with Crippen molar-refractivity contribution in [3.63, 3.8) is 0 Å². The first-order valence-electron chi connectivity index (χ1n) is 8.14. The number of benzene rings is 1. The topological polar surface area (TPSA) is 15.8 Å². The fourth-order valence-electron chi connectivity index (χ4n) is 3.20. The Kier molecular flexibility index (Phi) is 3.05. The molecule has 1 heteroatoms. The average molecular weight is 299 g/mol. The van der Waals surface area contributed by atoms with E-state index in [4.69, 9.17) is 0 Å². The Morgan fingerprint density at radius 1 is 0.739 bits per heavy atom. The molecule has 1 N–H and O–H groups in total. The third-order valence-corrected chi connectivity index (χ3v) is 4.59. The molecule has 114 valence electrons. The maximum absolute atomic E-state index is 3.55. The van der Waals surface area contributed by atoms with E-state index in [-0.39, 0.29) is 5.41 Å². The van der Waals surface area contributed by atoms with Crippen LogP contribution < -0.4 is 0 Å². The molecular weight excluding hydrogens is 278 g/mol. The summed E-state index contributed by atoms with van der Waals surface area (Å²) in [6.45, 7) is 6.77. The Morgan fingerprint density at radius 3 is 2.22 bits per heavy atom. The van der Waals surface area contributed by atoms with Crippen molar-refractivity contribution in [2.24, 2.45) is 0 Å². The van der Waals surface area contributed by atoms with Crippen LogP contribution in [-0.2, 0) is 5.41 Å². The van der Waals surface area contributed by atoms with Crippen LogP contribution in [0.15, 0.2) is 66.7 Å². The molecule has 0 aliphatic heterocycles. The highest BCUT2D eigenvalue weighted by atomic mass is 14.7. The van der Waals surface area contributed by atoms with Crippen LogP contribution in [0.3, 0.4) is 0 Å². The molecule has 2 aliphatic rings. The fraction of sp³-hybridized carbons (Fsp3) is 0.182. The van der Waals surface area contributed by atoms with E-state index in [1.165, 1.54) is 38.9 Å². The van der Waals surface area contributed by atoms with Crippen molar-refractivity contribution in [1.82, 2.24) is 4.98 Å². The van der Waals surface area contributed by atoms with E-state index in [1.54, 1.807) is 0 Å². The van der Waals surface area contributed by atoms with Gasteiger partial charge in [0.25, 0.3) is 0 Å². The minimum atomic E-state index is 0.164. The van der Waals surface area contributed by atoms with Gasteiger partial charge < -0.3 is 4.98 Å². The Bertz CT molecular complexity index is 920. The monoisotopic (exact) mass is 299 g/mol. The number of hydrogen-bond donors (Lipinski definition) is 1. The lowest BCUT2D eigenvalue weighted by atomic mass is 9.88. The Hall–Kier alpha value is -2.54. The molecule has 4 rings (SSSR count). The molecule has 0 radical (unpaired) electrons. The molecule has 0 spiro atoms. The van der Waals surface area contributed by atoms with Crippen LogP contribution in [0, 0.1) is 0 Å². The van der Waals surface area contributed by atoms with Crippen molar-refractivity contribution in [3.8, 4) is 22.4 Å². The van der Waals surface area contributed by atoms with Crippen LogP contribution in [0.2, 0.25) is 0 Å². The summed E-state index contributed by atoms with van der Waals surface area (Å²) in [6.07, 6.45) is 0. The zero-order valence-electron chi connectivity index (χ0n) is 13.9. The van der Waals surface area contributed by atoms with Crippen molar-refractivity contribution < 1.29 is 0 Å². The van der Waals surface area contributed by atoms with Gasteiger partial charge in [-0.05, 0) is 34.2 Å². The van der Waals surface area contributed by atoms with Crippen molar-refractivity contribution in [3.05, 3.63) is 72.3 Å². The van der Waals surface area contributed by atoms with Gasteiger partial charge in [0, 0.05) is 22.2 Å². The molecule has 0 atom stereocenters. The fourth-order valence-corrected chi connectivity index (χ4v) is 3.20. The number of rotatable bonds is 1. The van der Waals surface area contributed by atoms with Gasteiger partial charge in [-0.25, -0.2) is 0 Å². The van der Waals surface area contributed by atoms with Gasteiger partial charge in [0.05, 0.1) is 0 Å².